The molecule has 0 bridgehead atoms. The van der Waals surface area contributed by atoms with Gasteiger partial charge in [-0.3, -0.25) is 9.00 Å². The van der Waals surface area contributed by atoms with E-state index in [9.17, 15) is 9.00 Å². The van der Waals surface area contributed by atoms with Gasteiger partial charge in [-0.15, -0.1) is 0 Å². The molecule has 4 nitrogen and oxygen atoms in total. The first-order chi connectivity index (χ1) is 6.63. The van der Waals surface area contributed by atoms with Gasteiger partial charge in [-0.1, -0.05) is 0 Å². The van der Waals surface area contributed by atoms with E-state index in [2.05, 4.69) is 0 Å². The highest BCUT2D eigenvalue weighted by molar-refractivity contribution is 7.85. The lowest BCUT2D eigenvalue weighted by atomic mass is 10.1. The Bertz CT molecular complexity index is 246. The molecule has 0 aliphatic carbocycles. The van der Waals surface area contributed by atoms with E-state index in [1.807, 2.05) is 27.7 Å². The van der Waals surface area contributed by atoms with E-state index in [0.717, 1.165) is 0 Å². The predicted molar refractivity (Wildman–Crippen MR) is 64.0 cm³/mol. The molecular weight excluding hydrogens is 212 g/mol. The zero-order chi connectivity index (χ0) is 12.2. The van der Waals surface area contributed by atoms with Crippen molar-refractivity contribution in [2.24, 2.45) is 5.73 Å². The third-order valence-electron chi connectivity index (χ3n) is 1.99. The highest BCUT2D eigenvalue weighted by Crippen LogP contribution is 2.02. The molecule has 0 saturated heterocycles. The van der Waals surface area contributed by atoms with Gasteiger partial charge in [0.1, 0.15) is 5.75 Å². The van der Waals surface area contributed by atoms with Crippen LogP contribution < -0.4 is 5.73 Å². The van der Waals surface area contributed by atoms with Crippen LogP contribution in [0.15, 0.2) is 0 Å². The maximum atomic E-state index is 11.6. The van der Waals surface area contributed by atoms with Gasteiger partial charge < -0.3 is 10.6 Å². The average Bonchev–Trinajstić information content (AvgIpc) is 1.98. The lowest BCUT2D eigenvalue weighted by Gasteiger charge is -2.22. The number of carbonyl (C=O) groups excluding carboxylic acids is 1. The van der Waals surface area contributed by atoms with Crippen LogP contribution in [-0.2, 0) is 15.6 Å². The van der Waals surface area contributed by atoms with E-state index in [-0.39, 0.29) is 17.7 Å². The zero-order valence-electron chi connectivity index (χ0n) is 10.2. The monoisotopic (exact) mass is 234 g/mol. The van der Waals surface area contributed by atoms with E-state index in [1.54, 1.807) is 11.9 Å². The minimum Gasteiger partial charge on any atom is -0.343 e. The second-order valence-corrected chi connectivity index (χ2v) is 6.27. The van der Waals surface area contributed by atoms with Gasteiger partial charge in [-0.25, -0.2) is 0 Å². The molecular formula is C10H22N2O2S. The molecule has 15 heavy (non-hydrogen) atoms. The minimum atomic E-state index is -1.17. The molecule has 0 aliphatic rings. The Hall–Kier alpha value is -0.420. The van der Waals surface area contributed by atoms with Crippen LogP contribution in [0.2, 0.25) is 0 Å². The van der Waals surface area contributed by atoms with Crippen LogP contribution in [0.3, 0.4) is 0 Å². The van der Waals surface area contributed by atoms with E-state index in [4.69, 9.17) is 5.73 Å². The molecule has 0 aromatic heterocycles. The first-order valence-electron chi connectivity index (χ1n) is 5.03. The van der Waals surface area contributed by atoms with Crippen LogP contribution in [0, 0.1) is 0 Å². The van der Waals surface area contributed by atoms with E-state index in [1.165, 1.54) is 0 Å². The first kappa shape index (κ1) is 14.6. The summed E-state index contributed by atoms with van der Waals surface area (Å²) in [5.41, 5.74) is 5.25. The number of hydrogen-bond donors (Lipinski definition) is 1. The summed E-state index contributed by atoms with van der Waals surface area (Å²) in [6, 6.07) is 0.139. The van der Waals surface area contributed by atoms with Crippen LogP contribution >= 0.6 is 0 Å². The SMILES string of the molecule is CC(C)N(C)C(=O)CS(=O)CC(C)(C)N. The van der Waals surface area contributed by atoms with Crippen molar-refractivity contribution in [1.82, 2.24) is 4.90 Å². The molecule has 0 aliphatic heterocycles. The number of carbonyl (C=O) groups is 1. The van der Waals surface area contributed by atoms with Crippen LogP contribution in [0.25, 0.3) is 0 Å². The fourth-order valence-electron chi connectivity index (χ4n) is 0.993. The summed E-state index contributed by atoms with van der Waals surface area (Å²) in [6.45, 7) is 7.46. The Morgan fingerprint density at radius 1 is 1.47 bits per heavy atom. The Morgan fingerprint density at radius 2 is 1.93 bits per heavy atom. The Balaban J connectivity index is 4.14. The van der Waals surface area contributed by atoms with Crippen LogP contribution in [0.1, 0.15) is 27.7 Å². The van der Waals surface area contributed by atoms with Gasteiger partial charge in [-0.2, -0.15) is 0 Å². The fraction of sp³-hybridized carbons (Fsp3) is 0.900. The van der Waals surface area contributed by atoms with Crippen molar-refractivity contribution in [1.29, 1.82) is 0 Å². The summed E-state index contributed by atoms with van der Waals surface area (Å²) in [4.78, 5) is 13.2. The van der Waals surface area contributed by atoms with E-state index >= 15 is 0 Å². The smallest absolute Gasteiger partial charge is 0.235 e. The second-order valence-electron chi connectivity index (χ2n) is 4.82. The van der Waals surface area contributed by atoms with Crippen LogP contribution in [0.4, 0.5) is 0 Å². The summed E-state index contributed by atoms with van der Waals surface area (Å²) in [6.07, 6.45) is 0. The summed E-state index contributed by atoms with van der Waals surface area (Å²) in [7, 11) is 0.547. The third kappa shape index (κ3) is 6.62. The molecule has 2 N–H and O–H groups in total. The summed E-state index contributed by atoms with van der Waals surface area (Å²) >= 11 is 0. The van der Waals surface area contributed by atoms with Crippen molar-refractivity contribution in [3.05, 3.63) is 0 Å². The average molecular weight is 234 g/mol. The van der Waals surface area contributed by atoms with Crippen LogP contribution in [-0.4, -0.2) is 45.2 Å². The first-order valence-corrected chi connectivity index (χ1v) is 6.52. The molecule has 0 saturated carbocycles. The normalized spacial score (nSPS) is 14.1. The molecule has 0 rings (SSSR count). The highest BCUT2D eigenvalue weighted by atomic mass is 32.2. The fourth-order valence-corrected chi connectivity index (χ4v) is 2.40. The van der Waals surface area contributed by atoms with Crippen molar-refractivity contribution in [3.63, 3.8) is 0 Å². The standard InChI is InChI=1S/C10H22N2O2S/c1-8(2)12(5)9(13)6-15(14)7-10(3,4)11/h8H,6-7,11H2,1-5H3. The molecule has 5 heteroatoms. The third-order valence-corrected chi connectivity index (χ3v) is 3.62. The Kier molecular flexibility index (Phi) is 5.45. The molecule has 90 valence electrons. The highest BCUT2D eigenvalue weighted by Gasteiger charge is 2.20. The summed E-state index contributed by atoms with van der Waals surface area (Å²) < 4.78 is 11.6. The van der Waals surface area contributed by atoms with Gasteiger partial charge >= 0.3 is 0 Å². The van der Waals surface area contributed by atoms with Gasteiger partial charge in [-0.05, 0) is 27.7 Å². The quantitative estimate of drug-likeness (QED) is 0.746. The number of rotatable bonds is 5. The molecule has 0 radical (unpaired) electrons. The van der Waals surface area contributed by atoms with Gasteiger partial charge in [0.2, 0.25) is 5.91 Å². The van der Waals surface area contributed by atoms with Crippen molar-refractivity contribution in [3.8, 4) is 0 Å². The topological polar surface area (TPSA) is 63.4 Å². The number of nitrogens with zero attached hydrogens (tertiary/aromatic N) is 1. The lowest BCUT2D eigenvalue weighted by Crippen LogP contribution is -2.42. The largest absolute Gasteiger partial charge is 0.343 e. The minimum absolute atomic E-state index is 0.0648. The number of nitrogens with two attached hydrogens (primary N) is 1. The Morgan fingerprint density at radius 3 is 2.27 bits per heavy atom. The van der Waals surface area contributed by atoms with Gasteiger partial charge in [0.25, 0.3) is 0 Å². The van der Waals surface area contributed by atoms with Crippen molar-refractivity contribution < 1.29 is 9.00 Å². The van der Waals surface area contributed by atoms with Crippen molar-refractivity contribution >= 4 is 16.7 Å². The molecule has 1 amide bonds. The maximum absolute atomic E-state index is 11.6. The van der Waals surface area contributed by atoms with Crippen molar-refractivity contribution in [2.45, 2.75) is 39.3 Å². The van der Waals surface area contributed by atoms with Gasteiger partial charge in [0.05, 0.1) is 0 Å². The maximum Gasteiger partial charge on any atom is 0.235 e. The van der Waals surface area contributed by atoms with Gasteiger partial charge in [0, 0.05) is 35.2 Å². The summed E-state index contributed by atoms with van der Waals surface area (Å²) in [5.74, 6) is 0.326. The molecule has 0 spiro atoms. The summed E-state index contributed by atoms with van der Waals surface area (Å²) in [5, 5.41) is 0. The molecule has 0 fully saturated rings. The van der Waals surface area contributed by atoms with Crippen LogP contribution in [0.5, 0.6) is 0 Å². The lowest BCUT2D eigenvalue weighted by molar-refractivity contribution is -0.128. The molecule has 0 aromatic carbocycles. The second kappa shape index (κ2) is 5.61. The molecule has 1 unspecified atom stereocenters. The number of hydrogen-bond acceptors (Lipinski definition) is 3. The molecule has 0 heterocycles. The zero-order valence-corrected chi connectivity index (χ0v) is 11.1. The van der Waals surface area contributed by atoms with Crippen molar-refractivity contribution in [2.75, 3.05) is 18.6 Å². The molecule has 1 atom stereocenters. The number of amides is 1. The van der Waals surface area contributed by atoms with E-state index < -0.39 is 16.3 Å². The van der Waals surface area contributed by atoms with Gasteiger partial charge in [0.15, 0.2) is 0 Å². The Labute approximate surface area is 94.7 Å². The van der Waals surface area contributed by atoms with E-state index in [0.29, 0.717) is 5.75 Å². The predicted octanol–water partition coefficient (Wildman–Crippen LogP) is 0.339. The molecule has 0 aromatic rings.